The summed E-state index contributed by atoms with van der Waals surface area (Å²) in [7, 11) is 0. The minimum Gasteiger partial charge on any atom is -0.394 e. The Labute approximate surface area is 228 Å². The molecule has 1 saturated heterocycles. The predicted molar refractivity (Wildman–Crippen MR) is 145 cm³/mol. The molecule has 1 aliphatic rings. The molecule has 6 unspecified atom stereocenters. The molecule has 0 aliphatic carbocycles. The number of unbranched alkanes of at least 4 members (excludes halogenated alkanes) is 14. The van der Waals surface area contributed by atoms with E-state index in [1.54, 1.807) is 0 Å². The predicted octanol–water partition coefficient (Wildman–Crippen LogP) is 2.30. The van der Waals surface area contributed by atoms with Crippen LogP contribution < -0.4 is 10.6 Å². The second-order valence-electron chi connectivity index (χ2n) is 10.5. The molecule has 6 atom stereocenters. The van der Waals surface area contributed by atoms with Gasteiger partial charge in [-0.15, -0.1) is 0 Å². The van der Waals surface area contributed by atoms with Crippen molar-refractivity contribution in [3.63, 3.8) is 0 Å². The Hall–Kier alpha value is -1.30. The molecule has 38 heavy (non-hydrogen) atoms. The van der Waals surface area contributed by atoms with Crippen molar-refractivity contribution < 1.29 is 39.5 Å². The molecule has 0 spiro atoms. The zero-order chi connectivity index (χ0) is 28.2. The van der Waals surface area contributed by atoms with Crippen molar-refractivity contribution in [1.82, 2.24) is 10.6 Å². The third-order valence-corrected chi connectivity index (χ3v) is 7.05. The van der Waals surface area contributed by atoms with Crippen molar-refractivity contribution >= 4 is 11.8 Å². The van der Waals surface area contributed by atoms with Crippen LogP contribution in [0.4, 0.5) is 0 Å². The van der Waals surface area contributed by atoms with Crippen molar-refractivity contribution in [2.24, 2.45) is 0 Å². The molecule has 1 rings (SSSR count). The molecular formula is C28H54N2O8. The minimum absolute atomic E-state index is 0.438. The summed E-state index contributed by atoms with van der Waals surface area (Å²) in [6.45, 7) is 2.93. The smallest absolute Gasteiger partial charge is 0.251 e. The molecule has 224 valence electrons. The van der Waals surface area contributed by atoms with Crippen molar-refractivity contribution in [3.05, 3.63) is 0 Å². The summed E-state index contributed by atoms with van der Waals surface area (Å²) < 4.78 is 10.8. The van der Waals surface area contributed by atoms with Gasteiger partial charge in [-0.1, -0.05) is 96.8 Å². The van der Waals surface area contributed by atoms with Gasteiger partial charge in [-0.25, -0.2) is 0 Å². The highest BCUT2D eigenvalue weighted by Crippen LogP contribution is 2.22. The molecule has 1 fully saturated rings. The lowest BCUT2D eigenvalue weighted by atomic mass is 9.97. The highest BCUT2D eigenvalue weighted by Gasteiger charge is 2.45. The first-order valence-corrected chi connectivity index (χ1v) is 14.8. The Morgan fingerprint density at radius 2 is 1.34 bits per heavy atom. The van der Waals surface area contributed by atoms with Gasteiger partial charge in [-0.2, -0.15) is 0 Å². The lowest BCUT2D eigenvalue weighted by molar-refractivity contribution is -0.273. The standard InChI is InChI=1S/C28H54N2O8/c1-3-4-5-6-7-8-9-10-11-12-13-14-15-16-17-18-29-27(36)22(33)20-37-28-24(30-21(2)32)26(35)25(34)23(19-31)38-28/h22-26,28,31,33-35H,3-20H2,1-2H3,(H,29,36)(H,30,32). The van der Waals surface area contributed by atoms with Crippen molar-refractivity contribution in [2.75, 3.05) is 19.8 Å². The van der Waals surface area contributed by atoms with E-state index >= 15 is 0 Å². The zero-order valence-electron chi connectivity index (χ0n) is 23.6. The highest BCUT2D eigenvalue weighted by molar-refractivity contribution is 5.80. The van der Waals surface area contributed by atoms with E-state index in [-0.39, 0.29) is 0 Å². The average Bonchev–Trinajstić information content (AvgIpc) is 2.90. The molecule has 0 aromatic rings. The first-order chi connectivity index (χ1) is 18.3. The topological polar surface area (TPSA) is 158 Å². The molecule has 1 heterocycles. The average molecular weight is 547 g/mol. The molecule has 0 saturated carbocycles. The van der Waals surface area contributed by atoms with Crippen LogP contribution in [-0.4, -0.2) is 88.7 Å². The van der Waals surface area contributed by atoms with Gasteiger partial charge in [0.25, 0.3) is 5.91 Å². The molecule has 0 aromatic heterocycles. The Morgan fingerprint density at radius 1 is 0.842 bits per heavy atom. The second kappa shape index (κ2) is 21.5. The van der Waals surface area contributed by atoms with Crippen LogP contribution in [0.2, 0.25) is 0 Å². The van der Waals surface area contributed by atoms with Gasteiger partial charge in [0, 0.05) is 13.5 Å². The van der Waals surface area contributed by atoms with Crippen LogP contribution in [0.1, 0.15) is 110 Å². The van der Waals surface area contributed by atoms with E-state index in [1.165, 1.54) is 84.0 Å². The van der Waals surface area contributed by atoms with E-state index in [1.807, 2.05) is 0 Å². The Balaban J connectivity index is 2.10. The number of carbonyl (C=O) groups excluding carboxylic acids is 2. The fraction of sp³-hybridized carbons (Fsp3) is 0.929. The number of carbonyl (C=O) groups is 2. The van der Waals surface area contributed by atoms with E-state index in [0.29, 0.717) is 6.54 Å². The van der Waals surface area contributed by atoms with Gasteiger partial charge in [-0.05, 0) is 6.42 Å². The lowest BCUT2D eigenvalue weighted by Crippen LogP contribution is -2.64. The number of aliphatic hydroxyl groups excluding tert-OH is 4. The van der Waals surface area contributed by atoms with Crippen molar-refractivity contribution in [2.45, 2.75) is 147 Å². The van der Waals surface area contributed by atoms with E-state index < -0.39 is 61.8 Å². The molecule has 0 bridgehead atoms. The molecule has 0 radical (unpaired) electrons. The number of rotatable bonds is 22. The number of nitrogens with one attached hydrogen (secondary N) is 2. The molecule has 10 heteroatoms. The number of aliphatic hydroxyl groups is 4. The van der Waals surface area contributed by atoms with Gasteiger partial charge >= 0.3 is 0 Å². The van der Waals surface area contributed by atoms with E-state index in [0.717, 1.165) is 19.3 Å². The van der Waals surface area contributed by atoms with Crippen LogP contribution in [-0.2, 0) is 19.1 Å². The summed E-state index contributed by atoms with van der Waals surface area (Å²) in [6, 6.07) is -1.12. The van der Waals surface area contributed by atoms with Crippen LogP contribution >= 0.6 is 0 Å². The summed E-state index contributed by atoms with van der Waals surface area (Å²) in [6.07, 6.45) is 12.2. The number of hydrogen-bond donors (Lipinski definition) is 6. The van der Waals surface area contributed by atoms with Gasteiger partial charge in [-0.3, -0.25) is 9.59 Å². The maximum absolute atomic E-state index is 12.2. The minimum atomic E-state index is -1.47. The van der Waals surface area contributed by atoms with E-state index in [4.69, 9.17) is 9.47 Å². The molecule has 2 amide bonds. The van der Waals surface area contributed by atoms with Gasteiger partial charge in [0.15, 0.2) is 12.4 Å². The fourth-order valence-electron chi connectivity index (χ4n) is 4.70. The van der Waals surface area contributed by atoms with Crippen molar-refractivity contribution in [1.29, 1.82) is 0 Å². The van der Waals surface area contributed by atoms with Crippen LogP contribution in [0.15, 0.2) is 0 Å². The van der Waals surface area contributed by atoms with Crippen LogP contribution in [0.5, 0.6) is 0 Å². The quantitative estimate of drug-likeness (QED) is 0.113. The second-order valence-corrected chi connectivity index (χ2v) is 10.5. The van der Waals surface area contributed by atoms with Gasteiger partial charge in [0.1, 0.15) is 24.4 Å². The number of hydrogen-bond acceptors (Lipinski definition) is 8. The van der Waals surface area contributed by atoms with Crippen LogP contribution in [0, 0.1) is 0 Å². The van der Waals surface area contributed by atoms with Crippen LogP contribution in [0.25, 0.3) is 0 Å². The normalized spacial score (nSPS) is 24.2. The maximum atomic E-state index is 12.2. The van der Waals surface area contributed by atoms with Gasteiger partial charge in [0.05, 0.1) is 13.2 Å². The van der Waals surface area contributed by atoms with Gasteiger partial charge in [0.2, 0.25) is 5.91 Å². The zero-order valence-corrected chi connectivity index (χ0v) is 23.6. The largest absolute Gasteiger partial charge is 0.394 e. The lowest BCUT2D eigenvalue weighted by Gasteiger charge is -2.42. The highest BCUT2D eigenvalue weighted by atomic mass is 16.7. The van der Waals surface area contributed by atoms with Crippen molar-refractivity contribution in [3.8, 4) is 0 Å². The third kappa shape index (κ3) is 14.7. The Kier molecular flexibility index (Phi) is 19.7. The SMILES string of the molecule is CCCCCCCCCCCCCCCCCNC(=O)C(O)COC1OC(CO)C(O)C(O)C1NC(C)=O. The number of amides is 2. The molecule has 6 N–H and O–H groups in total. The maximum Gasteiger partial charge on any atom is 0.251 e. The van der Waals surface area contributed by atoms with E-state index in [9.17, 15) is 30.0 Å². The number of ether oxygens (including phenoxy) is 2. The summed E-state index contributed by atoms with van der Waals surface area (Å²) in [5.41, 5.74) is 0. The Morgan fingerprint density at radius 3 is 1.82 bits per heavy atom. The first kappa shape index (κ1) is 34.7. The molecule has 0 aromatic carbocycles. The molecule has 1 aliphatic heterocycles. The monoisotopic (exact) mass is 546 g/mol. The summed E-state index contributed by atoms with van der Waals surface area (Å²) in [4.78, 5) is 23.6. The Bertz CT molecular complexity index is 624. The van der Waals surface area contributed by atoms with E-state index in [2.05, 4.69) is 17.6 Å². The first-order valence-electron chi connectivity index (χ1n) is 14.8. The fourth-order valence-corrected chi connectivity index (χ4v) is 4.70. The summed E-state index contributed by atoms with van der Waals surface area (Å²) in [5.74, 6) is -1.07. The summed E-state index contributed by atoms with van der Waals surface area (Å²) in [5, 5.41) is 44.9. The molecular weight excluding hydrogens is 492 g/mol. The molecule has 10 nitrogen and oxygen atoms in total. The third-order valence-electron chi connectivity index (χ3n) is 7.05. The summed E-state index contributed by atoms with van der Waals surface area (Å²) >= 11 is 0. The van der Waals surface area contributed by atoms with Gasteiger partial charge < -0.3 is 40.5 Å². The van der Waals surface area contributed by atoms with Crippen LogP contribution in [0.3, 0.4) is 0 Å².